The molecule has 194 valence electrons. The van der Waals surface area contributed by atoms with Crippen molar-refractivity contribution in [1.82, 2.24) is 24.5 Å². The van der Waals surface area contributed by atoms with Gasteiger partial charge in [-0.3, -0.25) is 9.48 Å². The van der Waals surface area contributed by atoms with E-state index in [-0.39, 0.29) is 23.1 Å². The molecule has 2 saturated carbocycles. The number of nitrogens with zero attached hydrogens (tertiary/aromatic N) is 5. The van der Waals surface area contributed by atoms with E-state index in [0.717, 1.165) is 12.0 Å². The van der Waals surface area contributed by atoms with E-state index in [1.807, 2.05) is 48.7 Å². The summed E-state index contributed by atoms with van der Waals surface area (Å²) in [5.74, 6) is 0.464. The molecule has 10 heteroatoms. The third kappa shape index (κ3) is 3.69. The van der Waals surface area contributed by atoms with Gasteiger partial charge >= 0.3 is 6.09 Å². The van der Waals surface area contributed by atoms with E-state index in [0.29, 0.717) is 48.5 Å². The van der Waals surface area contributed by atoms with Gasteiger partial charge in [0, 0.05) is 30.3 Å². The summed E-state index contributed by atoms with van der Waals surface area (Å²) in [6.45, 7) is 9.68. The fourth-order valence-electron chi connectivity index (χ4n) is 6.53. The number of aromatic nitrogens is 4. The summed E-state index contributed by atoms with van der Waals surface area (Å²) in [4.78, 5) is 26.8. The molecule has 1 spiro atoms. The maximum absolute atomic E-state index is 12.5. The van der Waals surface area contributed by atoms with Crippen molar-refractivity contribution in [2.75, 3.05) is 18.8 Å². The number of anilines is 1. The smallest absolute Gasteiger partial charge is 0.410 e. The number of likely N-dealkylation sites (tertiary alicyclic amines) is 1. The molecule has 1 saturated heterocycles. The molecule has 6 rings (SSSR count). The molecule has 3 fully saturated rings. The van der Waals surface area contributed by atoms with Gasteiger partial charge in [-0.15, -0.1) is 0 Å². The normalized spacial score (nSPS) is 25.8. The number of hydrogen-bond acceptors (Lipinski definition) is 6. The number of nitrogen functional groups attached to an aromatic ring is 1. The van der Waals surface area contributed by atoms with Crippen LogP contribution in [0.3, 0.4) is 0 Å². The minimum absolute atomic E-state index is 0.0830. The van der Waals surface area contributed by atoms with E-state index in [1.54, 1.807) is 10.9 Å². The number of fused-ring (bicyclic) bond motifs is 1. The number of carbonyl (C=O) groups is 2. The predicted octanol–water partition coefficient (Wildman–Crippen LogP) is 3.21. The Morgan fingerprint density at radius 2 is 2.00 bits per heavy atom. The van der Waals surface area contributed by atoms with E-state index >= 15 is 0 Å². The van der Waals surface area contributed by atoms with Crippen LogP contribution in [-0.2, 0) is 11.3 Å². The van der Waals surface area contributed by atoms with Gasteiger partial charge in [0.1, 0.15) is 22.7 Å². The number of benzene rings is 1. The summed E-state index contributed by atoms with van der Waals surface area (Å²) in [6, 6.07) is 8.24. The summed E-state index contributed by atoms with van der Waals surface area (Å²) >= 11 is 0. The van der Waals surface area contributed by atoms with Gasteiger partial charge in [-0.25, -0.2) is 9.48 Å². The molecule has 4 N–H and O–H groups in total. The molecule has 2 aromatic heterocycles. The lowest BCUT2D eigenvalue weighted by Gasteiger charge is -2.37. The summed E-state index contributed by atoms with van der Waals surface area (Å²) in [6.07, 6.45) is 4.18. The van der Waals surface area contributed by atoms with Gasteiger partial charge in [0.25, 0.3) is 5.91 Å². The molecule has 37 heavy (non-hydrogen) atoms. The Bertz CT molecular complexity index is 1420. The molecule has 1 aliphatic heterocycles. The number of hydrogen-bond donors (Lipinski definition) is 2. The van der Waals surface area contributed by atoms with Crippen LogP contribution in [0.25, 0.3) is 11.3 Å². The van der Waals surface area contributed by atoms with Crippen molar-refractivity contribution in [1.29, 1.82) is 0 Å². The number of primary amides is 1. The molecule has 2 aliphatic carbocycles. The molecule has 3 heterocycles. The molecule has 0 radical (unpaired) electrons. The fourth-order valence-corrected chi connectivity index (χ4v) is 6.53. The van der Waals surface area contributed by atoms with Crippen LogP contribution in [0.15, 0.2) is 36.7 Å². The van der Waals surface area contributed by atoms with Gasteiger partial charge in [0.05, 0.1) is 18.8 Å². The number of piperidine rings is 1. The molecule has 2 amide bonds. The van der Waals surface area contributed by atoms with Crippen molar-refractivity contribution in [3.8, 4) is 11.3 Å². The van der Waals surface area contributed by atoms with Crippen molar-refractivity contribution >= 4 is 17.8 Å². The molecule has 0 bridgehead atoms. The zero-order chi connectivity index (χ0) is 26.3. The lowest BCUT2D eigenvalue weighted by atomic mass is 9.80. The number of aryl methyl sites for hydroxylation is 1. The third-order valence-electron chi connectivity index (χ3n) is 8.29. The minimum Gasteiger partial charge on any atom is -0.444 e. The van der Waals surface area contributed by atoms with Gasteiger partial charge in [-0.05, 0) is 57.1 Å². The zero-order valence-corrected chi connectivity index (χ0v) is 21.6. The minimum atomic E-state index is -0.605. The number of carbonyl (C=O) groups excluding carboxylic acids is 2. The van der Waals surface area contributed by atoms with Crippen LogP contribution in [-0.4, -0.2) is 55.2 Å². The molecule has 3 aliphatic rings. The summed E-state index contributed by atoms with van der Waals surface area (Å²) < 4.78 is 9.16. The van der Waals surface area contributed by atoms with Crippen LogP contribution < -0.4 is 11.5 Å². The van der Waals surface area contributed by atoms with Crippen LogP contribution >= 0.6 is 0 Å². The first kappa shape index (κ1) is 23.6. The molecule has 3 aromatic rings. The Morgan fingerprint density at radius 3 is 2.68 bits per heavy atom. The summed E-state index contributed by atoms with van der Waals surface area (Å²) in [5, 5.41) is 9.29. The second kappa shape index (κ2) is 7.84. The summed E-state index contributed by atoms with van der Waals surface area (Å²) in [7, 11) is 0. The predicted molar refractivity (Wildman–Crippen MR) is 138 cm³/mol. The van der Waals surface area contributed by atoms with Gasteiger partial charge in [0.2, 0.25) is 0 Å². The number of nitrogens with two attached hydrogens (primary N) is 2. The first-order valence-electron chi connectivity index (χ1n) is 12.7. The van der Waals surface area contributed by atoms with Crippen LogP contribution in [0.4, 0.5) is 10.6 Å². The molecular formula is C27H33N7O3. The highest BCUT2D eigenvalue weighted by atomic mass is 16.6. The van der Waals surface area contributed by atoms with Crippen LogP contribution in [0.2, 0.25) is 0 Å². The van der Waals surface area contributed by atoms with Gasteiger partial charge in [0.15, 0.2) is 0 Å². The quantitative estimate of drug-likeness (QED) is 0.549. The van der Waals surface area contributed by atoms with Crippen LogP contribution in [0.5, 0.6) is 0 Å². The highest BCUT2D eigenvalue weighted by Gasteiger charge is 2.79. The van der Waals surface area contributed by atoms with E-state index in [1.165, 1.54) is 5.56 Å². The van der Waals surface area contributed by atoms with Crippen molar-refractivity contribution in [2.45, 2.75) is 52.3 Å². The highest BCUT2D eigenvalue weighted by molar-refractivity contribution is 6.03. The van der Waals surface area contributed by atoms with Gasteiger partial charge in [-0.1, -0.05) is 24.3 Å². The number of rotatable bonds is 5. The topological polar surface area (TPSA) is 134 Å². The largest absolute Gasteiger partial charge is 0.444 e. The first-order valence-corrected chi connectivity index (χ1v) is 12.7. The number of ether oxygens (including phenoxy) is 1. The van der Waals surface area contributed by atoms with E-state index in [2.05, 4.69) is 24.2 Å². The van der Waals surface area contributed by atoms with Crippen LogP contribution in [0.1, 0.15) is 54.7 Å². The zero-order valence-electron chi connectivity index (χ0n) is 21.6. The van der Waals surface area contributed by atoms with E-state index in [9.17, 15) is 9.59 Å². The SMILES string of the molecule is Cc1ccccc1Cn1cc(-c2nn([C@@H]3C[C@]45CN(C(=O)OC(C)(C)C)CC4[C@H]35)c(N)c2C(N)=O)cn1. The molecule has 1 unspecified atom stereocenters. The number of amides is 2. The maximum atomic E-state index is 12.5. The van der Waals surface area contributed by atoms with Crippen molar-refractivity contribution < 1.29 is 14.3 Å². The fraction of sp³-hybridized carbons (Fsp3) is 0.481. The van der Waals surface area contributed by atoms with Crippen molar-refractivity contribution in [3.63, 3.8) is 0 Å². The third-order valence-corrected chi connectivity index (χ3v) is 8.29. The summed E-state index contributed by atoms with van der Waals surface area (Å²) in [5.41, 5.74) is 15.6. The molecule has 4 atom stereocenters. The standard InChI is InChI=1S/C27H33N7O3/c1-15-7-5-6-8-16(15)11-33-12-17(10-30-33)22-20(24(29)35)23(28)34(31-22)19-9-27-14-32(13-18(27)21(19)27)25(36)37-26(2,3)4/h5-8,10,12,18-19,21H,9,11,13-14,28H2,1-4H3,(H2,29,35)/t18?,19-,21-,27+/m1/s1. The Morgan fingerprint density at radius 1 is 1.24 bits per heavy atom. The van der Waals surface area contributed by atoms with Crippen molar-refractivity contribution in [2.24, 2.45) is 23.0 Å². The Kier molecular flexibility index (Phi) is 4.99. The molecule has 1 aromatic carbocycles. The van der Waals surface area contributed by atoms with E-state index in [4.69, 9.17) is 21.3 Å². The second-order valence-electron chi connectivity index (χ2n) is 11.8. The average Bonchev–Trinajstić information content (AvgIpc) is 3.29. The lowest BCUT2D eigenvalue weighted by molar-refractivity contribution is 0.0190. The van der Waals surface area contributed by atoms with Crippen molar-refractivity contribution in [3.05, 3.63) is 53.3 Å². The van der Waals surface area contributed by atoms with E-state index < -0.39 is 11.5 Å². The lowest BCUT2D eigenvalue weighted by Crippen LogP contribution is -2.42. The average molecular weight is 504 g/mol. The first-order chi connectivity index (χ1) is 17.5. The van der Waals surface area contributed by atoms with Gasteiger partial charge in [-0.2, -0.15) is 10.2 Å². The second-order valence-corrected chi connectivity index (χ2v) is 11.8. The molecular weight excluding hydrogens is 470 g/mol. The van der Waals surface area contributed by atoms with Gasteiger partial charge < -0.3 is 21.1 Å². The maximum Gasteiger partial charge on any atom is 0.410 e. The Hall–Kier alpha value is -3.82. The Balaban J connectivity index is 1.21. The molecule has 10 nitrogen and oxygen atoms in total. The Labute approximate surface area is 215 Å². The highest BCUT2D eigenvalue weighted by Crippen LogP contribution is 2.79. The monoisotopic (exact) mass is 503 g/mol. The van der Waals surface area contributed by atoms with Crippen LogP contribution in [0, 0.1) is 24.2 Å².